The highest BCUT2D eigenvalue weighted by atomic mass is 35.5. The van der Waals surface area contributed by atoms with Gasteiger partial charge in [0.25, 0.3) is 0 Å². The van der Waals surface area contributed by atoms with Crippen LogP contribution in [0.25, 0.3) is 0 Å². The largest absolute Gasteiger partial charge is 0.309 e. The fraction of sp³-hybridized carbons (Fsp3) is 0.316. The van der Waals surface area contributed by atoms with Crippen molar-refractivity contribution in [2.75, 3.05) is 20.6 Å². The summed E-state index contributed by atoms with van der Waals surface area (Å²) in [5.74, 6) is -0.166. The second-order valence-electron chi connectivity index (χ2n) is 6.21. The first kappa shape index (κ1) is 17.6. The minimum Gasteiger partial charge on any atom is -0.309 e. The van der Waals surface area contributed by atoms with Crippen LogP contribution in [0.1, 0.15) is 39.4 Å². The molecule has 122 valence electrons. The average molecular weight is 334 g/mol. The van der Waals surface area contributed by atoms with Gasteiger partial charge in [0.05, 0.1) is 0 Å². The molecule has 0 amide bonds. The molecule has 0 aliphatic heterocycles. The Hall–Kier alpha value is -1.71. The van der Waals surface area contributed by atoms with Crippen molar-refractivity contribution in [2.45, 2.75) is 18.8 Å². The van der Waals surface area contributed by atoms with Gasteiger partial charge >= 0.3 is 0 Å². The second-order valence-corrected chi connectivity index (χ2v) is 6.21. The van der Waals surface area contributed by atoms with Gasteiger partial charge < -0.3 is 4.90 Å². The van der Waals surface area contributed by atoms with Crippen LogP contribution in [0.3, 0.4) is 0 Å². The van der Waals surface area contributed by atoms with Gasteiger partial charge in [-0.1, -0.05) is 30.3 Å². The van der Waals surface area contributed by atoms with Crippen molar-refractivity contribution in [1.29, 1.82) is 0 Å². The van der Waals surface area contributed by atoms with Gasteiger partial charge in [-0.05, 0) is 62.7 Å². The molecule has 0 radical (unpaired) electrons. The lowest BCUT2D eigenvalue weighted by molar-refractivity contribution is 0.103. The second kappa shape index (κ2) is 7.24. The molecule has 0 spiro atoms. The number of hydrogen-bond acceptors (Lipinski definition) is 2. The van der Waals surface area contributed by atoms with Crippen molar-refractivity contribution in [2.24, 2.45) is 0 Å². The minimum absolute atomic E-state index is 0. The van der Waals surface area contributed by atoms with Crippen LogP contribution in [0, 0.1) is 5.82 Å². The van der Waals surface area contributed by atoms with Crippen LogP contribution in [-0.4, -0.2) is 31.3 Å². The molecule has 0 aromatic heterocycles. The molecule has 1 aliphatic carbocycles. The first-order valence-corrected chi connectivity index (χ1v) is 7.63. The van der Waals surface area contributed by atoms with Crippen LogP contribution in [0.2, 0.25) is 0 Å². The lowest BCUT2D eigenvalue weighted by Crippen LogP contribution is -2.17. The summed E-state index contributed by atoms with van der Waals surface area (Å²) in [5, 5.41) is 0. The van der Waals surface area contributed by atoms with Crippen LogP contribution < -0.4 is 0 Å². The molecular formula is C19H21ClFNO. The van der Waals surface area contributed by atoms with Gasteiger partial charge in [0, 0.05) is 11.1 Å². The van der Waals surface area contributed by atoms with Crippen molar-refractivity contribution in [1.82, 2.24) is 4.90 Å². The molecule has 1 aliphatic rings. The van der Waals surface area contributed by atoms with E-state index in [-0.39, 0.29) is 29.9 Å². The molecule has 3 rings (SSSR count). The Labute approximate surface area is 142 Å². The molecule has 0 saturated carbocycles. The highest BCUT2D eigenvalue weighted by Crippen LogP contribution is 2.34. The van der Waals surface area contributed by atoms with E-state index in [4.69, 9.17) is 0 Å². The maximum Gasteiger partial charge on any atom is 0.193 e. The zero-order valence-electron chi connectivity index (χ0n) is 13.4. The number of carbonyl (C=O) groups excluding carboxylic acids is 1. The topological polar surface area (TPSA) is 20.3 Å². The Morgan fingerprint density at radius 2 is 1.87 bits per heavy atom. The van der Waals surface area contributed by atoms with Gasteiger partial charge in [0.15, 0.2) is 5.78 Å². The first-order chi connectivity index (χ1) is 10.6. The summed E-state index contributed by atoms with van der Waals surface area (Å²) in [7, 11) is 4.09. The monoisotopic (exact) mass is 333 g/mol. The molecule has 2 nitrogen and oxygen atoms in total. The summed E-state index contributed by atoms with van der Waals surface area (Å²) in [6.07, 6.45) is 1.78. The minimum atomic E-state index is -0.349. The van der Waals surface area contributed by atoms with Crippen molar-refractivity contribution < 1.29 is 9.18 Å². The molecule has 0 heterocycles. The lowest BCUT2D eigenvalue weighted by Gasteiger charge is -2.20. The van der Waals surface area contributed by atoms with E-state index in [9.17, 15) is 9.18 Å². The Morgan fingerprint density at radius 1 is 1.13 bits per heavy atom. The molecule has 4 heteroatoms. The molecule has 0 N–H and O–H groups in total. The van der Waals surface area contributed by atoms with Gasteiger partial charge in [-0.15, -0.1) is 12.4 Å². The normalized spacial score (nSPS) is 16.3. The summed E-state index contributed by atoms with van der Waals surface area (Å²) in [5.41, 5.74) is 3.27. The maximum atomic E-state index is 13.7. The number of halogens is 2. The first-order valence-electron chi connectivity index (χ1n) is 7.63. The molecule has 23 heavy (non-hydrogen) atoms. The molecule has 0 fully saturated rings. The maximum absolute atomic E-state index is 13.7. The third-order valence-electron chi connectivity index (χ3n) is 4.35. The zero-order chi connectivity index (χ0) is 15.7. The Balaban J connectivity index is 0.00000192. The third-order valence-corrected chi connectivity index (χ3v) is 4.35. The van der Waals surface area contributed by atoms with Crippen molar-refractivity contribution in [3.63, 3.8) is 0 Å². The summed E-state index contributed by atoms with van der Waals surface area (Å²) in [4.78, 5) is 14.9. The van der Waals surface area contributed by atoms with Crippen molar-refractivity contribution in [3.8, 4) is 0 Å². The van der Waals surface area contributed by atoms with E-state index in [0.717, 1.165) is 30.5 Å². The van der Waals surface area contributed by atoms with Gasteiger partial charge in [-0.2, -0.15) is 0 Å². The molecule has 2 aromatic rings. The predicted molar refractivity (Wildman–Crippen MR) is 93.1 cm³/mol. The van der Waals surface area contributed by atoms with E-state index in [0.29, 0.717) is 11.1 Å². The van der Waals surface area contributed by atoms with Gasteiger partial charge in [0.2, 0.25) is 0 Å². The Bertz CT molecular complexity index is 714. The van der Waals surface area contributed by atoms with Crippen LogP contribution >= 0.6 is 12.4 Å². The molecule has 2 aromatic carbocycles. The van der Waals surface area contributed by atoms with E-state index in [2.05, 4.69) is 4.90 Å². The van der Waals surface area contributed by atoms with Gasteiger partial charge in [-0.3, -0.25) is 4.79 Å². The SMILES string of the molecule is CN(C)CCC1Cc2ccccc2C(=O)c2cc(F)ccc21.Cl. The summed E-state index contributed by atoms with van der Waals surface area (Å²) >= 11 is 0. The van der Waals surface area contributed by atoms with Crippen molar-refractivity contribution in [3.05, 3.63) is 70.5 Å². The van der Waals surface area contributed by atoms with Gasteiger partial charge in [0.1, 0.15) is 5.82 Å². The highest BCUT2D eigenvalue weighted by Gasteiger charge is 2.27. The number of nitrogens with zero attached hydrogens (tertiary/aromatic N) is 1. The number of hydrogen-bond donors (Lipinski definition) is 0. The standard InChI is InChI=1S/C19H20FNO.ClH/c1-21(2)10-9-14-11-13-5-3-4-6-17(13)19(22)18-12-15(20)7-8-16(14)18;/h3-8,12,14H,9-11H2,1-2H3;1H. The molecule has 0 bridgehead atoms. The third kappa shape index (κ3) is 3.62. The van der Waals surface area contributed by atoms with Crippen LogP contribution in [0.15, 0.2) is 42.5 Å². The van der Waals surface area contributed by atoms with E-state index >= 15 is 0 Å². The number of benzene rings is 2. The highest BCUT2D eigenvalue weighted by molar-refractivity contribution is 6.11. The van der Waals surface area contributed by atoms with Crippen LogP contribution in [0.4, 0.5) is 4.39 Å². The fourth-order valence-electron chi connectivity index (χ4n) is 3.19. The summed E-state index contributed by atoms with van der Waals surface area (Å²) < 4.78 is 13.7. The van der Waals surface area contributed by atoms with E-state index in [1.165, 1.54) is 12.1 Å². The lowest BCUT2D eigenvalue weighted by atomic mass is 9.88. The average Bonchev–Trinajstić information content (AvgIpc) is 2.61. The zero-order valence-corrected chi connectivity index (χ0v) is 14.2. The number of rotatable bonds is 3. The number of fused-ring (bicyclic) bond motifs is 2. The smallest absolute Gasteiger partial charge is 0.193 e. The van der Waals surface area contributed by atoms with Gasteiger partial charge in [-0.25, -0.2) is 4.39 Å². The van der Waals surface area contributed by atoms with E-state index < -0.39 is 0 Å². The fourth-order valence-corrected chi connectivity index (χ4v) is 3.19. The molecule has 0 saturated heterocycles. The number of ketones is 1. The van der Waals surface area contributed by atoms with E-state index in [1.54, 1.807) is 6.07 Å². The van der Waals surface area contributed by atoms with E-state index in [1.807, 2.05) is 38.4 Å². The Morgan fingerprint density at radius 3 is 2.61 bits per heavy atom. The van der Waals surface area contributed by atoms with Crippen LogP contribution in [0.5, 0.6) is 0 Å². The predicted octanol–water partition coefficient (Wildman–Crippen LogP) is 4.07. The summed E-state index contributed by atoms with van der Waals surface area (Å²) in [6.45, 7) is 0.942. The quantitative estimate of drug-likeness (QED) is 0.844. The van der Waals surface area contributed by atoms with Crippen LogP contribution in [-0.2, 0) is 6.42 Å². The molecular weight excluding hydrogens is 313 g/mol. The number of carbonyl (C=O) groups is 1. The molecule has 1 atom stereocenters. The molecule has 1 unspecified atom stereocenters. The summed E-state index contributed by atoms with van der Waals surface area (Å²) in [6, 6.07) is 12.3. The van der Waals surface area contributed by atoms with Crippen molar-refractivity contribution >= 4 is 18.2 Å². The Kier molecular flexibility index (Phi) is 5.55.